The van der Waals surface area contributed by atoms with Crippen LogP contribution in [0.2, 0.25) is 0 Å². The van der Waals surface area contributed by atoms with Crippen molar-refractivity contribution < 1.29 is 18.8 Å². The molecule has 1 heterocycles. The van der Waals surface area contributed by atoms with E-state index in [4.69, 9.17) is 5.26 Å². The molecular weight excluding hydrogens is 375 g/mol. The molecule has 1 aliphatic rings. The normalized spacial score (nSPS) is 18.3. The van der Waals surface area contributed by atoms with Gasteiger partial charge in [-0.3, -0.25) is 14.5 Å². The average Bonchev–Trinajstić information content (AvgIpc) is 2.92. The molecule has 8 heteroatoms. The molecule has 0 aromatic heterocycles. The lowest BCUT2D eigenvalue weighted by Gasteiger charge is -2.23. The summed E-state index contributed by atoms with van der Waals surface area (Å²) >= 11 is 0. The summed E-state index contributed by atoms with van der Waals surface area (Å²) in [6, 6.07) is 13.4. The second-order valence-corrected chi connectivity index (χ2v) is 7.02. The van der Waals surface area contributed by atoms with Crippen molar-refractivity contribution in [2.24, 2.45) is 0 Å². The van der Waals surface area contributed by atoms with E-state index in [2.05, 4.69) is 5.32 Å². The summed E-state index contributed by atoms with van der Waals surface area (Å²) in [6.07, 6.45) is 0. The summed E-state index contributed by atoms with van der Waals surface area (Å²) in [4.78, 5) is 40.0. The Morgan fingerprint density at radius 2 is 1.93 bits per heavy atom. The SMILES string of the molecule is CN(Cc1cccc(C#N)c1)C(=O)CN1C(=O)NC(C)(c2ccc(F)cc2)C1=O. The van der Waals surface area contributed by atoms with Gasteiger partial charge in [-0.25, -0.2) is 9.18 Å². The van der Waals surface area contributed by atoms with Gasteiger partial charge in [0.25, 0.3) is 5.91 Å². The zero-order valence-electron chi connectivity index (χ0n) is 16.0. The van der Waals surface area contributed by atoms with Crippen LogP contribution >= 0.6 is 0 Å². The molecular formula is C21H19FN4O3. The average molecular weight is 394 g/mol. The third-order valence-corrected chi connectivity index (χ3v) is 4.89. The first-order valence-corrected chi connectivity index (χ1v) is 8.88. The summed E-state index contributed by atoms with van der Waals surface area (Å²) in [6.45, 7) is 1.32. The largest absolute Gasteiger partial charge is 0.340 e. The van der Waals surface area contributed by atoms with Crippen LogP contribution in [0.15, 0.2) is 48.5 Å². The van der Waals surface area contributed by atoms with E-state index < -0.39 is 35.7 Å². The van der Waals surface area contributed by atoms with E-state index in [1.807, 2.05) is 6.07 Å². The Bertz CT molecular complexity index is 1020. The van der Waals surface area contributed by atoms with E-state index in [1.54, 1.807) is 31.3 Å². The van der Waals surface area contributed by atoms with Crippen LogP contribution in [0.4, 0.5) is 9.18 Å². The van der Waals surface area contributed by atoms with Gasteiger partial charge in [-0.15, -0.1) is 0 Å². The number of carbonyl (C=O) groups excluding carboxylic acids is 3. The number of imide groups is 1. The number of nitrogens with zero attached hydrogens (tertiary/aromatic N) is 3. The lowest BCUT2D eigenvalue weighted by molar-refractivity contribution is -0.138. The molecule has 1 fully saturated rings. The van der Waals surface area contributed by atoms with Crippen molar-refractivity contribution in [2.45, 2.75) is 19.0 Å². The van der Waals surface area contributed by atoms with Gasteiger partial charge in [0.05, 0.1) is 11.6 Å². The molecule has 29 heavy (non-hydrogen) atoms. The molecule has 0 saturated carbocycles. The molecule has 4 amide bonds. The first-order valence-electron chi connectivity index (χ1n) is 8.88. The predicted molar refractivity (Wildman–Crippen MR) is 102 cm³/mol. The number of urea groups is 1. The van der Waals surface area contributed by atoms with Gasteiger partial charge in [-0.05, 0) is 42.3 Å². The third-order valence-electron chi connectivity index (χ3n) is 4.89. The van der Waals surface area contributed by atoms with Crippen molar-refractivity contribution in [1.29, 1.82) is 5.26 Å². The van der Waals surface area contributed by atoms with E-state index in [9.17, 15) is 18.8 Å². The van der Waals surface area contributed by atoms with E-state index in [-0.39, 0.29) is 6.54 Å². The highest BCUT2D eigenvalue weighted by molar-refractivity contribution is 6.09. The molecule has 2 aromatic carbocycles. The highest BCUT2D eigenvalue weighted by Gasteiger charge is 2.49. The molecule has 1 aliphatic heterocycles. The van der Waals surface area contributed by atoms with Crippen molar-refractivity contribution >= 4 is 17.8 Å². The van der Waals surface area contributed by atoms with Crippen LogP contribution in [0.1, 0.15) is 23.6 Å². The van der Waals surface area contributed by atoms with Crippen molar-refractivity contribution in [3.63, 3.8) is 0 Å². The van der Waals surface area contributed by atoms with Crippen molar-refractivity contribution in [2.75, 3.05) is 13.6 Å². The fourth-order valence-electron chi connectivity index (χ4n) is 3.18. The quantitative estimate of drug-likeness (QED) is 0.786. The van der Waals surface area contributed by atoms with Crippen LogP contribution in [0, 0.1) is 17.1 Å². The van der Waals surface area contributed by atoms with Crippen molar-refractivity contribution in [1.82, 2.24) is 15.1 Å². The number of halogens is 1. The lowest BCUT2D eigenvalue weighted by atomic mass is 9.92. The van der Waals surface area contributed by atoms with Gasteiger partial charge in [-0.1, -0.05) is 24.3 Å². The minimum Gasteiger partial charge on any atom is -0.340 e. The third kappa shape index (κ3) is 3.94. The van der Waals surface area contributed by atoms with E-state index in [0.29, 0.717) is 11.1 Å². The molecule has 0 radical (unpaired) electrons. The number of benzene rings is 2. The molecule has 148 valence electrons. The van der Waals surface area contributed by atoms with E-state index in [0.717, 1.165) is 10.5 Å². The number of nitrogens with one attached hydrogen (secondary N) is 1. The summed E-state index contributed by atoms with van der Waals surface area (Å²) in [7, 11) is 1.55. The summed E-state index contributed by atoms with van der Waals surface area (Å²) in [5.41, 5.74) is 0.291. The maximum Gasteiger partial charge on any atom is 0.325 e. The summed E-state index contributed by atoms with van der Waals surface area (Å²) in [5, 5.41) is 11.6. The van der Waals surface area contributed by atoms with E-state index in [1.165, 1.54) is 36.1 Å². The molecule has 7 nitrogen and oxygen atoms in total. The fraction of sp³-hybridized carbons (Fsp3) is 0.238. The number of amides is 4. The maximum atomic E-state index is 13.2. The number of hydrogen-bond acceptors (Lipinski definition) is 4. The van der Waals surface area contributed by atoms with E-state index >= 15 is 0 Å². The Morgan fingerprint density at radius 1 is 1.24 bits per heavy atom. The van der Waals surface area contributed by atoms with Crippen LogP contribution < -0.4 is 5.32 Å². The monoisotopic (exact) mass is 394 g/mol. The van der Waals surface area contributed by atoms with Gasteiger partial charge in [0.15, 0.2) is 0 Å². The molecule has 1 N–H and O–H groups in total. The summed E-state index contributed by atoms with van der Waals surface area (Å²) in [5.74, 6) is -1.47. The number of rotatable bonds is 5. The summed E-state index contributed by atoms with van der Waals surface area (Å²) < 4.78 is 13.2. The number of likely N-dealkylation sites (N-methyl/N-ethyl adjacent to an activating group) is 1. The molecule has 1 saturated heterocycles. The van der Waals surface area contributed by atoms with Crippen LogP contribution in [0.25, 0.3) is 0 Å². The Hall–Kier alpha value is -3.73. The first-order chi connectivity index (χ1) is 13.7. The Labute approximate surface area is 167 Å². The Balaban J connectivity index is 1.71. The van der Waals surface area contributed by atoms with Crippen LogP contribution in [0.3, 0.4) is 0 Å². The van der Waals surface area contributed by atoms with Crippen molar-refractivity contribution in [3.05, 3.63) is 71.0 Å². The Morgan fingerprint density at radius 3 is 2.59 bits per heavy atom. The zero-order chi connectivity index (χ0) is 21.2. The smallest absolute Gasteiger partial charge is 0.325 e. The van der Waals surface area contributed by atoms with Gasteiger partial charge >= 0.3 is 6.03 Å². The second kappa shape index (κ2) is 7.72. The highest BCUT2D eigenvalue weighted by atomic mass is 19.1. The van der Waals surface area contributed by atoms with Gasteiger partial charge in [0.2, 0.25) is 5.91 Å². The lowest BCUT2D eigenvalue weighted by Crippen LogP contribution is -2.43. The van der Waals surface area contributed by atoms with Crippen LogP contribution in [-0.4, -0.2) is 41.2 Å². The number of hydrogen-bond donors (Lipinski definition) is 1. The molecule has 1 unspecified atom stereocenters. The fourth-order valence-corrected chi connectivity index (χ4v) is 3.18. The molecule has 2 aromatic rings. The molecule has 1 atom stereocenters. The van der Waals surface area contributed by atoms with Crippen LogP contribution in [0.5, 0.6) is 0 Å². The minimum atomic E-state index is -1.37. The second-order valence-electron chi connectivity index (χ2n) is 7.02. The van der Waals surface area contributed by atoms with Gasteiger partial charge in [0, 0.05) is 13.6 Å². The van der Waals surface area contributed by atoms with Crippen LogP contribution in [-0.2, 0) is 21.7 Å². The predicted octanol–water partition coefficient (Wildman–Crippen LogP) is 2.12. The van der Waals surface area contributed by atoms with Crippen molar-refractivity contribution in [3.8, 4) is 6.07 Å². The molecule has 0 aliphatic carbocycles. The highest BCUT2D eigenvalue weighted by Crippen LogP contribution is 2.29. The topological polar surface area (TPSA) is 93.5 Å². The molecule has 0 spiro atoms. The molecule has 0 bridgehead atoms. The maximum absolute atomic E-state index is 13.2. The zero-order valence-corrected chi connectivity index (χ0v) is 16.0. The minimum absolute atomic E-state index is 0.229. The standard InChI is InChI=1S/C21H19FN4O3/c1-21(16-6-8-17(22)9-7-16)19(28)26(20(29)24-21)13-18(27)25(2)12-15-5-3-4-14(10-15)11-23/h3-10H,12-13H2,1-2H3,(H,24,29). The first kappa shape index (κ1) is 20.0. The molecule has 3 rings (SSSR count). The number of carbonyl (C=O) groups is 3. The van der Waals surface area contributed by atoms with Gasteiger partial charge < -0.3 is 10.2 Å². The van der Waals surface area contributed by atoms with Gasteiger partial charge in [0.1, 0.15) is 17.9 Å². The number of nitriles is 1. The Kier molecular flexibility index (Phi) is 5.33. The van der Waals surface area contributed by atoms with Gasteiger partial charge in [-0.2, -0.15) is 5.26 Å².